The highest BCUT2D eigenvalue weighted by molar-refractivity contribution is 5.93. The lowest BCUT2D eigenvalue weighted by atomic mass is 9.83. The first kappa shape index (κ1) is 20.0. The lowest BCUT2D eigenvalue weighted by Crippen LogP contribution is -2.48. The summed E-state index contributed by atoms with van der Waals surface area (Å²) in [5, 5.41) is 11.2. The Hall–Kier alpha value is -2.96. The van der Waals surface area contributed by atoms with E-state index in [0.717, 1.165) is 50.3 Å². The first-order valence-corrected chi connectivity index (χ1v) is 11.4. The number of amides is 1. The first-order valence-electron chi connectivity index (χ1n) is 11.4. The van der Waals surface area contributed by atoms with Crippen LogP contribution in [0.15, 0.2) is 46.9 Å². The Labute approximate surface area is 182 Å². The van der Waals surface area contributed by atoms with Crippen molar-refractivity contribution in [3.8, 4) is 0 Å². The third-order valence-electron chi connectivity index (χ3n) is 6.85. The van der Waals surface area contributed by atoms with Gasteiger partial charge in [0.05, 0.1) is 0 Å². The molecule has 2 atom stereocenters. The van der Waals surface area contributed by atoms with Gasteiger partial charge in [0, 0.05) is 44.0 Å². The van der Waals surface area contributed by atoms with Gasteiger partial charge in [-0.05, 0) is 68.7 Å². The number of aromatic nitrogens is 3. The van der Waals surface area contributed by atoms with Crippen LogP contribution < -0.4 is 15.8 Å². The molecule has 1 fully saturated rings. The second-order valence-corrected chi connectivity index (χ2v) is 8.99. The number of piperidine rings is 1. The average Bonchev–Trinajstić information content (AvgIpc) is 2.81. The molecule has 2 bridgehead atoms. The summed E-state index contributed by atoms with van der Waals surface area (Å²) in [4.78, 5) is 28.1. The largest absolute Gasteiger partial charge is 0.354 e. The summed E-state index contributed by atoms with van der Waals surface area (Å²) in [7, 11) is 0. The molecule has 1 N–H and O–H groups in total. The lowest BCUT2D eigenvalue weighted by molar-refractivity contribution is 0.0951. The second kappa shape index (κ2) is 8.65. The Morgan fingerprint density at radius 2 is 2.10 bits per heavy atom. The van der Waals surface area contributed by atoms with Crippen LogP contribution in [-0.4, -0.2) is 40.3 Å². The molecule has 7 nitrogen and oxygen atoms in total. The maximum Gasteiger partial charge on any atom is 0.263 e. The molecular weight excluding hydrogens is 390 g/mol. The van der Waals surface area contributed by atoms with Crippen LogP contribution in [0.4, 0.5) is 5.82 Å². The number of anilines is 1. The summed E-state index contributed by atoms with van der Waals surface area (Å²) in [5.74, 6) is 1.26. The van der Waals surface area contributed by atoms with Crippen LogP contribution in [-0.2, 0) is 6.54 Å². The number of carbonyl (C=O) groups is 1. The van der Waals surface area contributed by atoms with Crippen molar-refractivity contribution in [3.05, 3.63) is 63.7 Å². The van der Waals surface area contributed by atoms with Crippen LogP contribution >= 0.6 is 0 Å². The molecule has 2 aromatic heterocycles. The van der Waals surface area contributed by atoms with Crippen molar-refractivity contribution in [1.82, 2.24) is 20.1 Å². The number of nitrogens with one attached hydrogen (secondary N) is 1. The van der Waals surface area contributed by atoms with Gasteiger partial charge in [-0.3, -0.25) is 9.59 Å². The summed E-state index contributed by atoms with van der Waals surface area (Å²) in [6, 6.07) is 7.57. The van der Waals surface area contributed by atoms with Crippen LogP contribution in [0.5, 0.6) is 0 Å². The molecule has 0 aromatic carbocycles. The zero-order valence-electron chi connectivity index (χ0n) is 17.8. The standard InChI is InChI=1S/C24H29N5O2/c30-23(25-12-10-17-5-2-1-3-6-17)20-8-9-21-19-13-18(15-29(21)24(20)31)14-28(16-19)22-7-4-11-26-27-22/h4-5,7-9,11,18-19H,1-3,6,10,12-16H2,(H,25,30)/t18-,19+/m0/s1. The molecule has 1 amide bonds. The van der Waals surface area contributed by atoms with Gasteiger partial charge in [0.15, 0.2) is 5.82 Å². The van der Waals surface area contributed by atoms with E-state index in [4.69, 9.17) is 0 Å². The SMILES string of the molecule is O=C(NCCC1=CCCCC1)c1ccc2n(c1=O)C[C@H]1C[C@@H]2CN(c2cccnn2)C1. The Balaban J connectivity index is 1.29. The minimum Gasteiger partial charge on any atom is -0.354 e. The second-order valence-electron chi connectivity index (χ2n) is 8.99. The van der Waals surface area contributed by atoms with Gasteiger partial charge in [-0.25, -0.2) is 0 Å². The molecule has 2 aliphatic heterocycles. The van der Waals surface area contributed by atoms with Crippen LogP contribution in [0, 0.1) is 5.92 Å². The van der Waals surface area contributed by atoms with E-state index in [2.05, 4.69) is 26.5 Å². The Kier molecular flexibility index (Phi) is 5.57. The van der Waals surface area contributed by atoms with Crippen LogP contribution in [0.3, 0.4) is 0 Å². The summed E-state index contributed by atoms with van der Waals surface area (Å²) >= 11 is 0. The van der Waals surface area contributed by atoms with E-state index in [1.54, 1.807) is 12.3 Å². The molecule has 2 aromatic rings. The quantitative estimate of drug-likeness (QED) is 0.754. The fraction of sp³-hybridized carbons (Fsp3) is 0.500. The highest BCUT2D eigenvalue weighted by Crippen LogP contribution is 2.36. The van der Waals surface area contributed by atoms with Gasteiger partial charge in [-0.1, -0.05) is 11.6 Å². The highest BCUT2D eigenvalue weighted by atomic mass is 16.2. The highest BCUT2D eigenvalue weighted by Gasteiger charge is 2.35. The topological polar surface area (TPSA) is 80.1 Å². The first-order chi connectivity index (χ1) is 15.2. The van der Waals surface area contributed by atoms with E-state index in [1.807, 2.05) is 22.8 Å². The molecule has 5 rings (SSSR count). The normalized spacial score (nSPS) is 22.5. The van der Waals surface area contributed by atoms with Gasteiger partial charge >= 0.3 is 0 Å². The fourth-order valence-corrected chi connectivity index (χ4v) is 5.33. The van der Waals surface area contributed by atoms with Crippen molar-refractivity contribution in [2.45, 2.75) is 51.0 Å². The number of hydrogen-bond acceptors (Lipinski definition) is 5. The summed E-state index contributed by atoms with van der Waals surface area (Å²) in [6.45, 7) is 2.90. The van der Waals surface area contributed by atoms with E-state index in [9.17, 15) is 9.59 Å². The van der Waals surface area contributed by atoms with Crippen molar-refractivity contribution in [2.75, 3.05) is 24.5 Å². The van der Waals surface area contributed by atoms with Gasteiger partial charge in [-0.15, -0.1) is 5.10 Å². The molecule has 0 radical (unpaired) electrons. The minimum atomic E-state index is -0.256. The number of fused-ring (bicyclic) bond motifs is 4. The minimum absolute atomic E-state index is 0.158. The van der Waals surface area contributed by atoms with Crippen LogP contribution in [0.25, 0.3) is 0 Å². The molecule has 1 saturated heterocycles. The summed E-state index contributed by atoms with van der Waals surface area (Å²) < 4.78 is 1.84. The van der Waals surface area contributed by atoms with Crippen molar-refractivity contribution >= 4 is 11.7 Å². The molecule has 31 heavy (non-hydrogen) atoms. The van der Waals surface area contributed by atoms with E-state index in [0.29, 0.717) is 19.0 Å². The van der Waals surface area contributed by atoms with Crippen molar-refractivity contribution in [2.24, 2.45) is 5.92 Å². The molecule has 7 heteroatoms. The number of carbonyl (C=O) groups excluding carboxylic acids is 1. The molecule has 162 valence electrons. The Bertz CT molecular complexity index is 1050. The van der Waals surface area contributed by atoms with Crippen molar-refractivity contribution < 1.29 is 4.79 Å². The smallest absolute Gasteiger partial charge is 0.263 e. The van der Waals surface area contributed by atoms with Gasteiger partial charge in [0.2, 0.25) is 0 Å². The maximum atomic E-state index is 13.2. The molecule has 0 saturated carbocycles. The van der Waals surface area contributed by atoms with Crippen LogP contribution in [0.1, 0.15) is 60.5 Å². The summed E-state index contributed by atoms with van der Waals surface area (Å²) in [5.41, 5.74) is 2.55. The predicted octanol–water partition coefficient (Wildman–Crippen LogP) is 2.88. The number of allylic oxidation sites excluding steroid dienone is 1. The zero-order chi connectivity index (χ0) is 21.2. The van der Waals surface area contributed by atoms with E-state index < -0.39 is 0 Å². The molecular formula is C24H29N5O2. The van der Waals surface area contributed by atoms with Gasteiger partial charge in [0.1, 0.15) is 5.56 Å². The zero-order valence-corrected chi connectivity index (χ0v) is 17.8. The van der Waals surface area contributed by atoms with E-state index >= 15 is 0 Å². The van der Waals surface area contributed by atoms with Crippen molar-refractivity contribution in [1.29, 1.82) is 0 Å². The van der Waals surface area contributed by atoms with Gasteiger partial charge < -0.3 is 14.8 Å². The van der Waals surface area contributed by atoms with Crippen LogP contribution in [0.2, 0.25) is 0 Å². The van der Waals surface area contributed by atoms with E-state index in [1.165, 1.54) is 18.4 Å². The summed E-state index contributed by atoms with van der Waals surface area (Å²) in [6.07, 6.45) is 10.7. The molecule has 4 heterocycles. The molecule has 0 spiro atoms. The van der Waals surface area contributed by atoms with Crippen molar-refractivity contribution in [3.63, 3.8) is 0 Å². The van der Waals surface area contributed by atoms with Gasteiger partial charge in [0.25, 0.3) is 11.5 Å². The van der Waals surface area contributed by atoms with Gasteiger partial charge in [-0.2, -0.15) is 5.10 Å². The maximum absolute atomic E-state index is 13.2. The Morgan fingerprint density at radius 1 is 1.16 bits per heavy atom. The Morgan fingerprint density at radius 3 is 2.90 bits per heavy atom. The number of nitrogens with zero attached hydrogens (tertiary/aromatic N) is 4. The monoisotopic (exact) mass is 419 g/mol. The average molecular weight is 420 g/mol. The number of hydrogen-bond donors (Lipinski definition) is 1. The third-order valence-corrected chi connectivity index (χ3v) is 6.85. The molecule has 1 aliphatic carbocycles. The molecule has 3 aliphatic rings. The van der Waals surface area contributed by atoms with E-state index in [-0.39, 0.29) is 22.9 Å². The third kappa shape index (κ3) is 4.13. The number of rotatable bonds is 5. The lowest BCUT2D eigenvalue weighted by Gasteiger charge is -2.43. The molecule has 0 unspecified atom stereocenters. The predicted molar refractivity (Wildman–Crippen MR) is 119 cm³/mol. The number of pyridine rings is 1. The fourth-order valence-electron chi connectivity index (χ4n) is 5.33.